The molecule has 162 valence electrons. The molecule has 0 radical (unpaired) electrons. The van der Waals surface area contributed by atoms with Gasteiger partial charge in [0.05, 0.1) is 17.5 Å². The van der Waals surface area contributed by atoms with Crippen molar-refractivity contribution < 1.29 is 26.7 Å². The van der Waals surface area contributed by atoms with E-state index in [4.69, 9.17) is 21.5 Å². The monoisotopic (exact) mass is 467 g/mol. The van der Waals surface area contributed by atoms with Crippen molar-refractivity contribution in [2.45, 2.75) is 17.9 Å². The predicted molar refractivity (Wildman–Crippen MR) is 110 cm³/mol. The van der Waals surface area contributed by atoms with Gasteiger partial charge in [-0.3, -0.25) is 4.79 Å². The number of pyridine rings is 1. The summed E-state index contributed by atoms with van der Waals surface area (Å²) in [4.78, 5) is 15.5. The van der Waals surface area contributed by atoms with Crippen LogP contribution in [0.1, 0.15) is 11.1 Å². The maximum absolute atomic E-state index is 13.9. The lowest BCUT2D eigenvalue weighted by atomic mass is 10.1. The topological polar surface area (TPSA) is 111 Å². The second-order valence-corrected chi connectivity index (χ2v) is 8.34. The van der Waals surface area contributed by atoms with Crippen molar-refractivity contribution in [2.75, 3.05) is 5.32 Å². The number of ether oxygens (including phenoxy) is 1. The molecule has 2 aromatic carbocycles. The zero-order chi connectivity index (χ0) is 22.6. The van der Waals surface area contributed by atoms with Crippen LogP contribution >= 0.6 is 11.6 Å². The third-order valence-corrected chi connectivity index (χ3v) is 5.50. The second-order valence-electron chi connectivity index (χ2n) is 6.40. The first-order valence-electron chi connectivity index (χ1n) is 8.76. The molecule has 31 heavy (non-hydrogen) atoms. The Morgan fingerprint density at radius 2 is 1.94 bits per heavy atom. The highest BCUT2D eigenvalue weighted by atomic mass is 35.5. The number of aromatic nitrogens is 1. The van der Waals surface area contributed by atoms with Gasteiger partial charge in [-0.05, 0) is 36.4 Å². The normalized spacial score (nSPS) is 11.2. The Balaban J connectivity index is 1.77. The number of nitrogens with zero attached hydrogens (tertiary/aromatic N) is 1. The van der Waals surface area contributed by atoms with E-state index in [9.17, 15) is 22.0 Å². The number of benzene rings is 2. The minimum atomic E-state index is -4.16. The number of amides is 1. The van der Waals surface area contributed by atoms with Crippen LogP contribution in [0.3, 0.4) is 0 Å². The number of carbonyl (C=O) groups is 1. The average Bonchev–Trinajstić information content (AvgIpc) is 2.70. The van der Waals surface area contributed by atoms with Gasteiger partial charge in [0.15, 0.2) is 0 Å². The van der Waals surface area contributed by atoms with E-state index in [0.717, 1.165) is 18.3 Å². The first-order chi connectivity index (χ1) is 14.6. The van der Waals surface area contributed by atoms with E-state index in [2.05, 4.69) is 10.3 Å². The van der Waals surface area contributed by atoms with Crippen molar-refractivity contribution in [3.63, 3.8) is 0 Å². The number of hydrogen-bond acceptors (Lipinski definition) is 5. The zero-order valence-corrected chi connectivity index (χ0v) is 17.4. The van der Waals surface area contributed by atoms with Gasteiger partial charge in [0, 0.05) is 21.8 Å². The standard InChI is InChI=1S/C20H16ClF2N3O4S/c21-16-2-1-3-17(22)15(16)9-20(27)26-13-5-4-12(18(8-13)31(24,28)29)11-30-14-6-7-19(23)25-10-14/h1-8,10H,9,11H2,(H,26,27)(H2,24,28,29). The van der Waals surface area contributed by atoms with E-state index in [1.807, 2.05) is 0 Å². The van der Waals surface area contributed by atoms with Crippen LogP contribution in [-0.2, 0) is 27.8 Å². The van der Waals surface area contributed by atoms with Gasteiger partial charge in [-0.1, -0.05) is 23.7 Å². The van der Waals surface area contributed by atoms with Crippen LogP contribution in [-0.4, -0.2) is 19.3 Å². The molecule has 0 saturated heterocycles. The lowest BCUT2D eigenvalue weighted by molar-refractivity contribution is -0.115. The van der Waals surface area contributed by atoms with E-state index in [-0.39, 0.29) is 45.5 Å². The zero-order valence-electron chi connectivity index (χ0n) is 15.8. The highest BCUT2D eigenvalue weighted by Crippen LogP contribution is 2.23. The minimum Gasteiger partial charge on any atom is -0.487 e. The molecule has 11 heteroatoms. The van der Waals surface area contributed by atoms with Crippen LogP contribution < -0.4 is 15.2 Å². The van der Waals surface area contributed by atoms with Crippen LogP contribution in [0.2, 0.25) is 5.02 Å². The summed E-state index contributed by atoms with van der Waals surface area (Å²) in [5.41, 5.74) is 0.363. The van der Waals surface area contributed by atoms with Gasteiger partial charge in [0.2, 0.25) is 21.9 Å². The quantitative estimate of drug-likeness (QED) is 0.517. The number of carbonyl (C=O) groups excluding carboxylic acids is 1. The maximum atomic E-state index is 13.9. The van der Waals surface area contributed by atoms with Crippen LogP contribution in [0, 0.1) is 11.8 Å². The molecule has 0 aliphatic heterocycles. The lowest BCUT2D eigenvalue weighted by Crippen LogP contribution is -2.18. The summed E-state index contributed by atoms with van der Waals surface area (Å²) in [5.74, 6) is -1.69. The molecule has 3 aromatic rings. The third-order valence-electron chi connectivity index (χ3n) is 4.15. The molecule has 3 N–H and O–H groups in total. The van der Waals surface area contributed by atoms with Gasteiger partial charge in [-0.15, -0.1) is 0 Å². The van der Waals surface area contributed by atoms with Crippen molar-refractivity contribution in [3.05, 3.63) is 82.6 Å². The molecule has 1 amide bonds. The fourth-order valence-corrected chi connectivity index (χ4v) is 3.71. The molecule has 7 nitrogen and oxygen atoms in total. The molecule has 0 unspecified atom stereocenters. The highest BCUT2D eigenvalue weighted by Gasteiger charge is 2.17. The van der Waals surface area contributed by atoms with Gasteiger partial charge in [0.25, 0.3) is 0 Å². The van der Waals surface area contributed by atoms with E-state index < -0.39 is 27.7 Å². The summed E-state index contributed by atoms with van der Waals surface area (Å²) >= 11 is 5.92. The van der Waals surface area contributed by atoms with Gasteiger partial charge in [-0.25, -0.2) is 22.9 Å². The number of anilines is 1. The van der Waals surface area contributed by atoms with Crippen LogP contribution in [0.15, 0.2) is 59.6 Å². The van der Waals surface area contributed by atoms with Crippen LogP contribution in [0.5, 0.6) is 5.75 Å². The van der Waals surface area contributed by atoms with Crippen molar-refractivity contribution >= 4 is 33.2 Å². The molecule has 0 bridgehead atoms. The Bertz CT molecular complexity index is 1200. The smallest absolute Gasteiger partial charge is 0.238 e. The lowest BCUT2D eigenvalue weighted by Gasteiger charge is -2.13. The summed E-state index contributed by atoms with van der Waals surface area (Å²) in [7, 11) is -4.16. The SMILES string of the molecule is NS(=O)(=O)c1cc(NC(=O)Cc2c(F)cccc2Cl)ccc1COc1ccc(F)nc1. The van der Waals surface area contributed by atoms with Crippen molar-refractivity contribution in [1.29, 1.82) is 0 Å². The van der Waals surface area contributed by atoms with Gasteiger partial charge in [-0.2, -0.15) is 4.39 Å². The number of sulfonamides is 1. The molecule has 0 saturated carbocycles. The fraction of sp³-hybridized carbons (Fsp3) is 0.100. The summed E-state index contributed by atoms with van der Waals surface area (Å²) in [6, 6.07) is 10.5. The molecule has 0 fully saturated rings. The number of nitrogens with two attached hydrogens (primary N) is 1. The summed E-state index contributed by atoms with van der Waals surface area (Å²) in [6.07, 6.45) is 0.799. The molecule has 1 aromatic heterocycles. The molecule has 0 atom stereocenters. The number of rotatable bonds is 7. The van der Waals surface area contributed by atoms with E-state index in [0.29, 0.717) is 0 Å². The summed E-state index contributed by atoms with van der Waals surface area (Å²) in [5, 5.41) is 7.87. The second kappa shape index (κ2) is 9.38. The number of hydrogen-bond donors (Lipinski definition) is 2. The Hall–Kier alpha value is -3.08. The van der Waals surface area contributed by atoms with Crippen molar-refractivity contribution in [1.82, 2.24) is 4.98 Å². The fourth-order valence-electron chi connectivity index (χ4n) is 2.69. The highest BCUT2D eigenvalue weighted by molar-refractivity contribution is 7.89. The molecule has 3 rings (SSSR count). The Morgan fingerprint density at radius 3 is 2.58 bits per heavy atom. The number of nitrogens with one attached hydrogen (secondary N) is 1. The van der Waals surface area contributed by atoms with Crippen LogP contribution in [0.4, 0.5) is 14.5 Å². The molecular weight excluding hydrogens is 452 g/mol. The maximum Gasteiger partial charge on any atom is 0.238 e. The summed E-state index contributed by atoms with van der Waals surface area (Å²) < 4.78 is 56.2. The molecular formula is C20H16ClF2N3O4S. The molecule has 0 spiro atoms. The largest absolute Gasteiger partial charge is 0.487 e. The Morgan fingerprint density at radius 1 is 1.16 bits per heavy atom. The molecule has 0 aliphatic rings. The van der Waals surface area contributed by atoms with E-state index >= 15 is 0 Å². The summed E-state index contributed by atoms with van der Waals surface area (Å²) in [6.45, 7) is -0.196. The molecule has 1 heterocycles. The van der Waals surface area contributed by atoms with Crippen molar-refractivity contribution in [3.8, 4) is 5.75 Å². The van der Waals surface area contributed by atoms with E-state index in [1.54, 1.807) is 0 Å². The predicted octanol–water partition coefficient (Wildman–Crippen LogP) is 3.42. The average molecular weight is 468 g/mol. The number of halogens is 3. The Labute approximate surface area is 181 Å². The van der Waals surface area contributed by atoms with E-state index in [1.165, 1.54) is 36.4 Å². The van der Waals surface area contributed by atoms with Gasteiger partial charge in [0.1, 0.15) is 18.2 Å². The van der Waals surface area contributed by atoms with Gasteiger partial charge >= 0.3 is 0 Å². The Kier molecular flexibility index (Phi) is 6.84. The number of primary sulfonamides is 1. The minimum absolute atomic E-state index is 0.0197. The third kappa shape index (κ3) is 5.97. The first-order valence-corrected chi connectivity index (χ1v) is 10.7. The van der Waals surface area contributed by atoms with Crippen molar-refractivity contribution in [2.24, 2.45) is 5.14 Å². The van der Waals surface area contributed by atoms with Crippen LogP contribution in [0.25, 0.3) is 0 Å². The first kappa shape index (κ1) is 22.6. The van der Waals surface area contributed by atoms with Gasteiger partial charge < -0.3 is 10.1 Å². The molecule has 0 aliphatic carbocycles.